The number of hydrogen-bond acceptors (Lipinski definition) is 6. The predicted molar refractivity (Wildman–Crippen MR) is 76.4 cm³/mol. The van der Waals surface area contributed by atoms with E-state index in [4.69, 9.17) is 13.6 Å². The molecule has 120 valence electrons. The van der Waals surface area contributed by atoms with Crippen molar-refractivity contribution in [3.05, 3.63) is 59.0 Å². The second-order valence-electron chi connectivity index (χ2n) is 4.75. The fourth-order valence-electron chi connectivity index (χ4n) is 1.90. The van der Waals surface area contributed by atoms with Crippen molar-refractivity contribution in [2.75, 3.05) is 6.61 Å². The Morgan fingerprint density at radius 2 is 2.09 bits per heavy atom. The molecule has 8 heteroatoms. The summed E-state index contributed by atoms with van der Waals surface area (Å²) >= 11 is 0. The summed E-state index contributed by atoms with van der Waals surface area (Å²) in [4.78, 5) is 11.7. The molecule has 0 aliphatic carbocycles. The molecule has 1 unspecified atom stereocenters. The van der Waals surface area contributed by atoms with Crippen molar-refractivity contribution in [1.29, 1.82) is 0 Å². The van der Waals surface area contributed by atoms with E-state index in [-0.39, 0.29) is 24.9 Å². The van der Waals surface area contributed by atoms with Crippen LogP contribution in [0.2, 0.25) is 0 Å². The van der Waals surface area contributed by atoms with Crippen LogP contribution in [0.4, 0.5) is 4.39 Å². The highest BCUT2D eigenvalue weighted by Crippen LogP contribution is 2.15. The van der Waals surface area contributed by atoms with Crippen molar-refractivity contribution < 1.29 is 23.1 Å². The van der Waals surface area contributed by atoms with Gasteiger partial charge in [0.2, 0.25) is 0 Å². The van der Waals surface area contributed by atoms with Crippen LogP contribution in [0.25, 0.3) is 11.7 Å². The minimum absolute atomic E-state index is 0.0339. The fraction of sp³-hybridized carbons (Fsp3) is 0.200. The number of aliphatic hydroxyl groups is 1. The minimum Gasteiger partial charge on any atom is -0.491 e. The molecule has 0 aliphatic rings. The van der Waals surface area contributed by atoms with Crippen molar-refractivity contribution in [2.24, 2.45) is 0 Å². The van der Waals surface area contributed by atoms with Crippen LogP contribution in [0.3, 0.4) is 0 Å². The van der Waals surface area contributed by atoms with Crippen molar-refractivity contribution in [2.45, 2.75) is 12.6 Å². The second kappa shape index (κ2) is 6.49. The molecular weight excluding hydrogens is 307 g/mol. The van der Waals surface area contributed by atoms with E-state index in [1.807, 2.05) is 0 Å². The summed E-state index contributed by atoms with van der Waals surface area (Å²) in [6.07, 6.45) is 0.437. The van der Waals surface area contributed by atoms with E-state index in [1.165, 1.54) is 30.5 Å². The maximum absolute atomic E-state index is 12.8. The van der Waals surface area contributed by atoms with Gasteiger partial charge in [-0.05, 0) is 36.4 Å². The van der Waals surface area contributed by atoms with Gasteiger partial charge in [0.05, 0.1) is 12.8 Å². The number of aromatic nitrogens is 2. The van der Waals surface area contributed by atoms with Crippen LogP contribution in [-0.2, 0) is 6.54 Å². The van der Waals surface area contributed by atoms with Gasteiger partial charge in [0.25, 0.3) is 5.89 Å². The van der Waals surface area contributed by atoms with E-state index in [2.05, 4.69) is 5.10 Å². The van der Waals surface area contributed by atoms with Gasteiger partial charge in [0.1, 0.15) is 24.3 Å². The average Bonchev–Trinajstić information content (AvgIpc) is 3.17. The number of benzene rings is 1. The summed E-state index contributed by atoms with van der Waals surface area (Å²) in [6, 6.07) is 8.63. The van der Waals surface area contributed by atoms with Gasteiger partial charge in [-0.1, -0.05) is 0 Å². The van der Waals surface area contributed by atoms with Gasteiger partial charge < -0.3 is 18.7 Å². The molecule has 0 saturated carbocycles. The van der Waals surface area contributed by atoms with Gasteiger partial charge in [-0.15, -0.1) is 5.10 Å². The van der Waals surface area contributed by atoms with Crippen molar-refractivity contribution >= 4 is 0 Å². The molecule has 7 nitrogen and oxygen atoms in total. The van der Waals surface area contributed by atoms with E-state index in [0.29, 0.717) is 11.5 Å². The number of furan rings is 1. The predicted octanol–water partition coefficient (Wildman–Crippen LogP) is 1.68. The topological polar surface area (TPSA) is 90.6 Å². The normalized spacial score (nSPS) is 12.3. The fourth-order valence-corrected chi connectivity index (χ4v) is 1.90. The smallest absolute Gasteiger partial charge is 0.437 e. The highest BCUT2D eigenvalue weighted by molar-refractivity contribution is 5.42. The second-order valence-corrected chi connectivity index (χ2v) is 4.75. The Labute approximate surface area is 129 Å². The lowest BCUT2D eigenvalue weighted by Gasteiger charge is -2.11. The summed E-state index contributed by atoms with van der Waals surface area (Å²) in [6.45, 7) is -0.189. The molecule has 0 fully saturated rings. The molecule has 3 aromatic rings. The van der Waals surface area contributed by atoms with Crippen LogP contribution in [0.1, 0.15) is 0 Å². The van der Waals surface area contributed by atoms with Crippen LogP contribution in [-0.4, -0.2) is 27.6 Å². The molecule has 0 amide bonds. The quantitative estimate of drug-likeness (QED) is 0.743. The summed E-state index contributed by atoms with van der Waals surface area (Å²) in [5.41, 5.74) is 0. The van der Waals surface area contributed by atoms with Gasteiger partial charge >= 0.3 is 5.76 Å². The first kappa shape index (κ1) is 15.0. The Kier molecular flexibility index (Phi) is 4.24. The van der Waals surface area contributed by atoms with Crippen LogP contribution in [0, 0.1) is 5.82 Å². The van der Waals surface area contributed by atoms with Crippen molar-refractivity contribution in [3.8, 4) is 17.4 Å². The third kappa shape index (κ3) is 3.67. The van der Waals surface area contributed by atoms with E-state index >= 15 is 0 Å². The molecule has 2 aromatic heterocycles. The van der Waals surface area contributed by atoms with E-state index in [9.17, 15) is 14.3 Å². The number of ether oxygens (including phenoxy) is 1. The zero-order chi connectivity index (χ0) is 16.2. The zero-order valence-electron chi connectivity index (χ0n) is 11.9. The molecule has 3 rings (SSSR count). The van der Waals surface area contributed by atoms with Crippen molar-refractivity contribution in [1.82, 2.24) is 9.78 Å². The van der Waals surface area contributed by atoms with Crippen molar-refractivity contribution in [3.63, 3.8) is 0 Å². The Hall–Kier alpha value is -2.87. The Morgan fingerprint density at radius 1 is 1.30 bits per heavy atom. The standard InChI is InChI=1S/C15H13FN2O5/c16-10-3-5-12(6-4-10)22-9-11(19)8-18-15(20)23-14(17-18)13-2-1-7-21-13/h1-7,11,19H,8-9H2. The molecule has 0 spiro atoms. The first-order valence-corrected chi connectivity index (χ1v) is 6.80. The van der Waals surface area contributed by atoms with E-state index in [0.717, 1.165) is 4.68 Å². The highest BCUT2D eigenvalue weighted by atomic mass is 19.1. The van der Waals surface area contributed by atoms with E-state index < -0.39 is 11.9 Å². The maximum Gasteiger partial charge on any atom is 0.437 e. The third-order valence-corrected chi connectivity index (χ3v) is 2.98. The first-order chi connectivity index (χ1) is 11.1. The highest BCUT2D eigenvalue weighted by Gasteiger charge is 2.15. The van der Waals surface area contributed by atoms with Crippen LogP contribution in [0.5, 0.6) is 5.75 Å². The van der Waals surface area contributed by atoms with Gasteiger partial charge in [-0.2, -0.15) is 4.68 Å². The minimum atomic E-state index is -0.993. The van der Waals surface area contributed by atoms with Gasteiger partial charge in [-0.25, -0.2) is 9.18 Å². The summed E-state index contributed by atoms with van der Waals surface area (Å²) in [5, 5.41) is 13.9. The molecule has 1 N–H and O–H groups in total. The number of rotatable bonds is 6. The van der Waals surface area contributed by atoms with Gasteiger partial charge in [-0.3, -0.25) is 0 Å². The molecule has 23 heavy (non-hydrogen) atoms. The molecule has 1 atom stereocenters. The Morgan fingerprint density at radius 3 is 2.78 bits per heavy atom. The molecule has 2 heterocycles. The molecular formula is C15H13FN2O5. The summed E-state index contributed by atoms with van der Waals surface area (Å²) in [7, 11) is 0. The molecule has 1 aromatic carbocycles. The lowest BCUT2D eigenvalue weighted by atomic mass is 10.3. The van der Waals surface area contributed by atoms with Gasteiger partial charge in [0.15, 0.2) is 5.76 Å². The Balaban J connectivity index is 1.60. The monoisotopic (exact) mass is 320 g/mol. The van der Waals surface area contributed by atoms with Crippen LogP contribution < -0.4 is 10.5 Å². The lowest BCUT2D eigenvalue weighted by Crippen LogP contribution is -2.29. The third-order valence-electron chi connectivity index (χ3n) is 2.98. The number of halogens is 1. The largest absolute Gasteiger partial charge is 0.491 e. The first-order valence-electron chi connectivity index (χ1n) is 6.80. The number of nitrogens with zero attached hydrogens (tertiary/aromatic N) is 2. The number of hydrogen-bond donors (Lipinski definition) is 1. The van der Waals surface area contributed by atoms with Crippen LogP contribution >= 0.6 is 0 Å². The van der Waals surface area contributed by atoms with E-state index in [1.54, 1.807) is 12.1 Å². The summed E-state index contributed by atoms with van der Waals surface area (Å²) in [5.74, 6) is -0.325. The summed E-state index contributed by atoms with van der Waals surface area (Å²) < 4.78 is 29.1. The van der Waals surface area contributed by atoms with Crippen LogP contribution in [0.15, 0.2) is 56.3 Å². The molecule has 0 radical (unpaired) electrons. The SMILES string of the molecule is O=c1oc(-c2ccco2)nn1CC(O)COc1ccc(F)cc1. The zero-order valence-corrected chi connectivity index (χ0v) is 11.9. The lowest BCUT2D eigenvalue weighted by molar-refractivity contribution is 0.0875. The maximum atomic E-state index is 12.8. The number of aliphatic hydroxyl groups excluding tert-OH is 1. The molecule has 0 bridgehead atoms. The average molecular weight is 320 g/mol. The molecule has 0 saturated heterocycles. The Bertz CT molecular complexity index is 807. The van der Waals surface area contributed by atoms with Gasteiger partial charge in [0, 0.05) is 0 Å². The molecule has 0 aliphatic heterocycles.